The summed E-state index contributed by atoms with van der Waals surface area (Å²) in [5.41, 5.74) is 2.19. The maximum Gasteiger partial charge on any atom is 0.242 e. The van der Waals surface area contributed by atoms with Gasteiger partial charge >= 0.3 is 0 Å². The monoisotopic (exact) mass is 466 g/mol. The van der Waals surface area contributed by atoms with E-state index in [0.29, 0.717) is 26.0 Å². The number of benzene rings is 2. The summed E-state index contributed by atoms with van der Waals surface area (Å²) in [7, 11) is 1.63. The van der Waals surface area contributed by atoms with Crippen molar-refractivity contribution in [2.45, 2.75) is 77.4 Å². The molecule has 1 saturated carbocycles. The third-order valence-corrected chi connectivity index (χ3v) is 6.46. The summed E-state index contributed by atoms with van der Waals surface area (Å²) in [6.07, 6.45) is 6.48. The molecule has 0 aliphatic heterocycles. The average Bonchev–Trinajstić information content (AvgIpc) is 2.86. The van der Waals surface area contributed by atoms with Gasteiger partial charge in [0, 0.05) is 19.0 Å². The van der Waals surface area contributed by atoms with E-state index in [0.717, 1.165) is 42.7 Å². The summed E-state index contributed by atoms with van der Waals surface area (Å²) in [5.74, 6) is 1.41. The molecule has 184 valence electrons. The van der Waals surface area contributed by atoms with Crippen LogP contribution in [0.5, 0.6) is 11.5 Å². The van der Waals surface area contributed by atoms with Crippen LogP contribution in [0.2, 0.25) is 0 Å². The number of ether oxygens (including phenoxy) is 2. The van der Waals surface area contributed by atoms with Crippen LogP contribution in [0.3, 0.4) is 0 Å². The third kappa shape index (κ3) is 7.79. The van der Waals surface area contributed by atoms with E-state index < -0.39 is 6.04 Å². The summed E-state index contributed by atoms with van der Waals surface area (Å²) in [6, 6.07) is 15.2. The zero-order valence-corrected chi connectivity index (χ0v) is 20.7. The largest absolute Gasteiger partial charge is 0.497 e. The second-order valence-corrected chi connectivity index (χ2v) is 9.15. The SMILES string of the molecule is COc1ccc(OCCCC(=O)N(Cc2ccc(C)cc2)C(C)C(=O)NC2CCCCC2)cc1. The Bertz CT molecular complexity index is 905. The lowest BCUT2D eigenvalue weighted by atomic mass is 9.95. The van der Waals surface area contributed by atoms with Gasteiger partial charge in [0.2, 0.25) is 11.8 Å². The third-order valence-electron chi connectivity index (χ3n) is 6.46. The van der Waals surface area contributed by atoms with Gasteiger partial charge in [-0.25, -0.2) is 0 Å². The zero-order chi connectivity index (χ0) is 24.3. The molecule has 0 radical (unpaired) electrons. The molecular formula is C28H38N2O4. The highest BCUT2D eigenvalue weighted by Gasteiger charge is 2.27. The number of rotatable bonds is 11. The van der Waals surface area contributed by atoms with E-state index in [1.54, 1.807) is 12.0 Å². The van der Waals surface area contributed by atoms with Crippen molar-refractivity contribution < 1.29 is 19.1 Å². The predicted molar refractivity (Wildman–Crippen MR) is 134 cm³/mol. The average molecular weight is 467 g/mol. The Morgan fingerprint density at radius 3 is 2.29 bits per heavy atom. The molecule has 3 rings (SSSR count). The molecule has 1 unspecified atom stereocenters. The molecule has 0 heterocycles. The van der Waals surface area contributed by atoms with Crippen LogP contribution in [0.1, 0.15) is 63.0 Å². The predicted octanol–water partition coefficient (Wildman–Crippen LogP) is 5.03. The molecule has 0 saturated heterocycles. The fourth-order valence-corrected chi connectivity index (χ4v) is 4.27. The standard InChI is InChI=1S/C28H38N2O4/c1-21-11-13-23(14-12-21)20-30(22(2)28(32)29-24-8-5-4-6-9-24)27(31)10-7-19-34-26-17-15-25(33-3)16-18-26/h11-18,22,24H,4-10,19-20H2,1-3H3,(H,29,32). The number of nitrogens with zero attached hydrogens (tertiary/aromatic N) is 1. The van der Waals surface area contributed by atoms with Crippen LogP contribution in [0.25, 0.3) is 0 Å². The maximum absolute atomic E-state index is 13.2. The van der Waals surface area contributed by atoms with Crippen LogP contribution < -0.4 is 14.8 Å². The quantitative estimate of drug-likeness (QED) is 0.472. The van der Waals surface area contributed by atoms with Gasteiger partial charge in [0.05, 0.1) is 13.7 Å². The Labute approximate surface area is 203 Å². The number of carbonyl (C=O) groups excluding carboxylic acids is 2. The highest BCUT2D eigenvalue weighted by Crippen LogP contribution is 2.20. The first-order valence-corrected chi connectivity index (χ1v) is 12.4. The van der Waals surface area contributed by atoms with E-state index in [-0.39, 0.29) is 17.9 Å². The Morgan fingerprint density at radius 1 is 1.00 bits per heavy atom. The molecule has 0 spiro atoms. The zero-order valence-electron chi connectivity index (χ0n) is 20.7. The Balaban J connectivity index is 1.58. The summed E-state index contributed by atoms with van der Waals surface area (Å²) < 4.78 is 10.9. The highest BCUT2D eigenvalue weighted by atomic mass is 16.5. The van der Waals surface area contributed by atoms with E-state index in [1.807, 2.05) is 62.4 Å². The number of amides is 2. The molecule has 0 aromatic heterocycles. The van der Waals surface area contributed by atoms with Gasteiger partial charge in [-0.3, -0.25) is 9.59 Å². The van der Waals surface area contributed by atoms with Gasteiger partial charge in [-0.05, 0) is 62.9 Å². The first-order valence-electron chi connectivity index (χ1n) is 12.4. The van der Waals surface area contributed by atoms with Crippen molar-refractivity contribution in [3.8, 4) is 11.5 Å². The van der Waals surface area contributed by atoms with Crippen molar-refractivity contribution in [2.75, 3.05) is 13.7 Å². The lowest BCUT2D eigenvalue weighted by molar-refractivity contribution is -0.141. The highest BCUT2D eigenvalue weighted by molar-refractivity contribution is 5.87. The normalized spacial score (nSPS) is 14.8. The summed E-state index contributed by atoms with van der Waals surface area (Å²) >= 11 is 0. The summed E-state index contributed by atoms with van der Waals surface area (Å²) in [4.78, 5) is 28.0. The van der Waals surface area contributed by atoms with Crippen molar-refractivity contribution in [3.05, 3.63) is 59.7 Å². The van der Waals surface area contributed by atoms with E-state index in [1.165, 1.54) is 12.0 Å². The van der Waals surface area contributed by atoms with Crippen molar-refractivity contribution in [1.82, 2.24) is 10.2 Å². The first-order chi connectivity index (χ1) is 16.5. The van der Waals surface area contributed by atoms with Crippen molar-refractivity contribution in [1.29, 1.82) is 0 Å². The lowest BCUT2D eigenvalue weighted by Gasteiger charge is -2.31. The van der Waals surface area contributed by atoms with Crippen LogP contribution in [-0.4, -0.2) is 42.5 Å². The van der Waals surface area contributed by atoms with E-state index in [9.17, 15) is 9.59 Å². The van der Waals surface area contributed by atoms with E-state index >= 15 is 0 Å². The first kappa shape index (κ1) is 25.6. The van der Waals surface area contributed by atoms with Crippen LogP contribution in [-0.2, 0) is 16.1 Å². The molecule has 1 aliphatic carbocycles. The number of methoxy groups -OCH3 is 1. The molecule has 2 aromatic rings. The number of nitrogens with one attached hydrogen (secondary N) is 1. The number of carbonyl (C=O) groups is 2. The molecule has 1 N–H and O–H groups in total. The second kappa shape index (κ2) is 13.0. The van der Waals surface area contributed by atoms with Gasteiger partial charge < -0.3 is 19.7 Å². The molecule has 1 atom stereocenters. The molecule has 1 aliphatic rings. The molecule has 2 aromatic carbocycles. The van der Waals surface area contributed by atoms with Gasteiger partial charge in [0.1, 0.15) is 17.5 Å². The van der Waals surface area contributed by atoms with E-state index in [4.69, 9.17) is 9.47 Å². The Hall–Kier alpha value is -3.02. The van der Waals surface area contributed by atoms with Gasteiger partial charge in [-0.15, -0.1) is 0 Å². The smallest absolute Gasteiger partial charge is 0.242 e. The molecule has 2 amide bonds. The summed E-state index contributed by atoms with van der Waals surface area (Å²) in [6.45, 7) is 4.71. The van der Waals surface area contributed by atoms with E-state index in [2.05, 4.69) is 5.32 Å². The maximum atomic E-state index is 13.2. The van der Waals surface area contributed by atoms with Gasteiger partial charge in [-0.2, -0.15) is 0 Å². The van der Waals surface area contributed by atoms with Gasteiger partial charge in [0.25, 0.3) is 0 Å². The minimum absolute atomic E-state index is 0.0369. The van der Waals surface area contributed by atoms with Crippen LogP contribution in [0, 0.1) is 6.92 Å². The van der Waals surface area contributed by atoms with Crippen molar-refractivity contribution >= 4 is 11.8 Å². The van der Waals surface area contributed by atoms with Crippen molar-refractivity contribution in [2.24, 2.45) is 0 Å². The molecule has 34 heavy (non-hydrogen) atoms. The van der Waals surface area contributed by atoms with Crippen LogP contribution >= 0.6 is 0 Å². The van der Waals surface area contributed by atoms with Gasteiger partial charge in [0.15, 0.2) is 0 Å². The fraction of sp³-hybridized carbons (Fsp3) is 0.500. The topological polar surface area (TPSA) is 67.9 Å². The number of hydrogen-bond donors (Lipinski definition) is 1. The molecule has 0 bridgehead atoms. The van der Waals surface area contributed by atoms with Crippen LogP contribution in [0.15, 0.2) is 48.5 Å². The molecule has 6 heteroatoms. The summed E-state index contributed by atoms with van der Waals surface area (Å²) in [5, 5.41) is 3.18. The minimum Gasteiger partial charge on any atom is -0.497 e. The second-order valence-electron chi connectivity index (χ2n) is 9.15. The van der Waals surface area contributed by atoms with Crippen LogP contribution in [0.4, 0.5) is 0 Å². The lowest BCUT2D eigenvalue weighted by Crippen LogP contribution is -2.50. The Kier molecular flexibility index (Phi) is 9.80. The number of hydrogen-bond acceptors (Lipinski definition) is 4. The molecule has 1 fully saturated rings. The van der Waals surface area contributed by atoms with Crippen molar-refractivity contribution in [3.63, 3.8) is 0 Å². The minimum atomic E-state index is -0.529. The Morgan fingerprint density at radius 2 is 1.65 bits per heavy atom. The fourth-order valence-electron chi connectivity index (χ4n) is 4.27. The van der Waals surface area contributed by atoms with Gasteiger partial charge in [-0.1, -0.05) is 49.1 Å². The molecular weight excluding hydrogens is 428 g/mol. The number of aryl methyl sites for hydroxylation is 1. The molecule has 6 nitrogen and oxygen atoms in total.